The van der Waals surface area contributed by atoms with Crippen LogP contribution >= 0.6 is 0 Å². The molecule has 0 saturated heterocycles. The van der Waals surface area contributed by atoms with Gasteiger partial charge in [0.05, 0.1) is 6.61 Å². The van der Waals surface area contributed by atoms with Gasteiger partial charge in [-0.2, -0.15) is 0 Å². The molecule has 0 heterocycles. The fourth-order valence-corrected chi connectivity index (χ4v) is 2.26. The molecule has 5 nitrogen and oxygen atoms in total. The smallest absolute Gasteiger partial charge is 0.306 e. The lowest BCUT2D eigenvalue weighted by atomic mass is 10.1. The van der Waals surface area contributed by atoms with Gasteiger partial charge >= 0.3 is 11.9 Å². The standard InChI is InChI=1S/C19H28O5/c1-2-3-14-23-15-13-17(16-9-5-4-6-10-16)24-19(22)12-8-7-11-18(20)21/h4-6,9-10,17H,2-3,7-8,11-15H2,1H3,(H,20,21). The maximum Gasteiger partial charge on any atom is 0.306 e. The third kappa shape index (κ3) is 9.30. The highest BCUT2D eigenvalue weighted by molar-refractivity contribution is 5.70. The van der Waals surface area contributed by atoms with Crippen molar-refractivity contribution in [2.24, 2.45) is 0 Å². The zero-order valence-electron chi connectivity index (χ0n) is 14.4. The molecule has 1 atom stereocenters. The third-order valence-corrected chi connectivity index (χ3v) is 3.63. The second-order valence-corrected chi connectivity index (χ2v) is 5.74. The highest BCUT2D eigenvalue weighted by atomic mass is 16.5. The van der Waals surface area contributed by atoms with Gasteiger partial charge in [-0.25, -0.2) is 0 Å². The van der Waals surface area contributed by atoms with Crippen molar-refractivity contribution in [3.8, 4) is 0 Å². The molecule has 0 aliphatic carbocycles. The molecule has 0 bridgehead atoms. The van der Waals surface area contributed by atoms with Crippen LogP contribution in [0.15, 0.2) is 30.3 Å². The molecular weight excluding hydrogens is 308 g/mol. The van der Waals surface area contributed by atoms with E-state index in [-0.39, 0.29) is 24.9 Å². The summed E-state index contributed by atoms with van der Waals surface area (Å²) in [6, 6.07) is 9.64. The van der Waals surface area contributed by atoms with Gasteiger partial charge in [0.2, 0.25) is 0 Å². The zero-order chi connectivity index (χ0) is 17.6. The number of aliphatic carboxylic acids is 1. The molecule has 1 aromatic rings. The lowest BCUT2D eigenvalue weighted by Crippen LogP contribution is -2.14. The molecule has 0 fully saturated rings. The molecule has 1 unspecified atom stereocenters. The summed E-state index contributed by atoms with van der Waals surface area (Å²) in [5.41, 5.74) is 0.954. The quantitative estimate of drug-likeness (QED) is 0.433. The predicted octanol–water partition coefficient (Wildman–Crippen LogP) is 4.12. The zero-order valence-corrected chi connectivity index (χ0v) is 14.4. The minimum Gasteiger partial charge on any atom is -0.481 e. The number of carbonyl (C=O) groups excluding carboxylic acids is 1. The molecule has 0 amide bonds. The predicted molar refractivity (Wildman–Crippen MR) is 91.7 cm³/mol. The average Bonchev–Trinajstić information content (AvgIpc) is 2.58. The van der Waals surface area contributed by atoms with E-state index in [9.17, 15) is 9.59 Å². The van der Waals surface area contributed by atoms with Gasteiger partial charge < -0.3 is 14.6 Å². The Morgan fingerprint density at radius 3 is 2.42 bits per heavy atom. The maximum absolute atomic E-state index is 12.0. The van der Waals surface area contributed by atoms with Crippen molar-refractivity contribution in [1.82, 2.24) is 0 Å². The summed E-state index contributed by atoms with van der Waals surface area (Å²) in [4.78, 5) is 22.5. The number of hydrogen-bond acceptors (Lipinski definition) is 4. The molecule has 5 heteroatoms. The van der Waals surface area contributed by atoms with Crippen LogP contribution < -0.4 is 0 Å². The van der Waals surface area contributed by atoms with Crippen LogP contribution in [0.5, 0.6) is 0 Å². The summed E-state index contributed by atoms with van der Waals surface area (Å²) in [6.45, 7) is 3.38. The number of unbranched alkanes of at least 4 members (excludes halogenated alkanes) is 2. The largest absolute Gasteiger partial charge is 0.481 e. The third-order valence-electron chi connectivity index (χ3n) is 3.63. The number of carboxylic acids is 1. The van der Waals surface area contributed by atoms with Crippen LogP contribution in [0.3, 0.4) is 0 Å². The van der Waals surface area contributed by atoms with Gasteiger partial charge in [-0.15, -0.1) is 0 Å². The van der Waals surface area contributed by atoms with Gasteiger partial charge in [-0.05, 0) is 24.8 Å². The Morgan fingerprint density at radius 1 is 1.04 bits per heavy atom. The first-order valence-corrected chi connectivity index (χ1v) is 8.67. The van der Waals surface area contributed by atoms with E-state index in [1.807, 2.05) is 30.3 Å². The number of esters is 1. The monoisotopic (exact) mass is 336 g/mol. The molecule has 0 spiro atoms. The van der Waals surface area contributed by atoms with Crippen LogP contribution in [0.4, 0.5) is 0 Å². The average molecular weight is 336 g/mol. The summed E-state index contributed by atoms with van der Waals surface area (Å²) >= 11 is 0. The second kappa shape index (κ2) is 12.5. The highest BCUT2D eigenvalue weighted by Gasteiger charge is 2.16. The molecular formula is C19H28O5. The highest BCUT2D eigenvalue weighted by Crippen LogP contribution is 2.22. The number of ether oxygens (including phenoxy) is 2. The van der Waals surface area contributed by atoms with Crippen LogP contribution in [0, 0.1) is 0 Å². The van der Waals surface area contributed by atoms with E-state index in [1.54, 1.807) is 0 Å². The summed E-state index contributed by atoms with van der Waals surface area (Å²) in [5.74, 6) is -1.13. The lowest BCUT2D eigenvalue weighted by Gasteiger charge is -2.18. The fourth-order valence-electron chi connectivity index (χ4n) is 2.26. The first-order valence-electron chi connectivity index (χ1n) is 8.67. The number of hydrogen-bond donors (Lipinski definition) is 1. The van der Waals surface area contributed by atoms with Crippen LogP contribution in [0.25, 0.3) is 0 Å². The Kier molecular flexibility index (Phi) is 10.5. The molecule has 0 aromatic heterocycles. The van der Waals surface area contributed by atoms with Gasteiger partial charge in [-0.3, -0.25) is 9.59 Å². The number of carbonyl (C=O) groups is 2. The van der Waals surface area contributed by atoms with Crippen LogP contribution in [0.2, 0.25) is 0 Å². The van der Waals surface area contributed by atoms with Crippen molar-refractivity contribution < 1.29 is 24.2 Å². The molecule has 1 aromatic carbocycles. The van der Waals surface area contributed by atoms with Crippen molar-refractivity contribution in [2.75, 3.05) is 13.2 Å². The van der Waals surface area contributed by atoms with E-state index in [0.717, 1.165) is 25.0 Å². The Hall–Kier alpha value is -1.88. The van der Waals surface area contributed by atoms with Gasteiger partial charge in [0.15, 0.2) is 0 Å². The Morgan fingerprint density at radius 2 is 1.75 bits per heavy atom. The molecule has 1 rings (SSSR count). The van der Waals surface area contributed by atoms with E-state index >= 15 is 0 Å². The van der Waals surface area contributed by atoms with Gasteiger partial charge in [0.25, 0.3) is 0 Å². The summed E-state index contributed by atoms with van der Waals surface area (Å²) in [6.07, 6.45) is 3.76. The van der Waals surface area contributed by atoms with Crippen molar-refractivity contribution in [3.63, 3.8) is 0 Å². The summed E-state index contributed by atoms with van der Waals surface area (Å²) in [7, 11) is 0. The first-order chi connectivity index (χ1) is 11.6. The van der Waals surface area contributed by atoms with E-state index in [2.05, 4.69) is 6.92 Å². The Bertz CT molecular complexity index is 472. The van der Waals surface area contributed by atoms with E-state index in [1.165, 1.54) is 0 Å². The van der Waals surface area contributed by atoms with Gasteiger partial charge in [-0.1, -0.05) is 43.7 Å². The van der Waals surface area contributed by atoms with Gasteiger partial charge in [0.1, 0.15) is 6.10 Å². The summed E-state index contributed by atoms with van der Waals surface area (Å²) < 4.78 is 11.2. The lowest BCUT2D eigenvalue weighted by molar-refractivity contribution is -0.151. The van der Waals surface area contributed by atoms with Gasteiger partial charge in [0, 0.05) is 25.9 Å². The molecule has 1 N–H and O–H groups in total. The maximum atomic E-state index is 12.0. The van der Waals surface area contributed by atoms with Crippen molar-refractivity contribution in [3.05, 3.63) is 35.9 Å². The minimum atomic E-state index is -0.838. The van der Waals surface area contributed by atoms with Crippen molar-refractivity contribution in [1.29, 1.82) is 0 Å². The molecule has 0 aliphatic rings. The van der Waals surface area contributed by atoms with Crippen molar-refractivity contribution >= 4 is 11.9 Å². The normalized spacial score (nSPS) is 11.9. The molecule has 24 heavy (non-hydrogen) atoms. The molecule has 0 radical (unpaired) electrons. The second-order valence-electron chi connectivity index (χ2n) is 5.74. The topological polar surface area (TPSA) is 72.8 Å². The Balaban J connectivity index is 2.43. The van der Waals surface area contributed by atoms with E-state index in [4.69, 9.17) is 14.6 Å². The number of carboxylic acid groups (broad SMARTS) is 1. The van der Waals surface area contributed by atoms with Crippen LogP contribution in [0.1, 0.15) is 63.5 Å². The SMILES string of the molecule is CCCCOCCC(OC(=O)CCCCC(=O)O)c1ccccc1. The summed E-state index contributed by atoms with van der Waals surface area (Å²) in [5, 5.41) is 8.60. The van der Waals surface area contributed by atoms with Crippen LogP contribution in [-0.2, 0) is 19.1 Å². The minimum absolute atomic E-state index is 0.0840. The van der Waals surface area contributed by atoms with Crippen LogP contribution in [-0.4, -0.2) is 30.3 Å². The fraction of sp³-hybridized carbons (Fsp3) is 0.579. The van der Waals surface area contributed by atoms with E-state index in [0.29, 0.717) is 25.9 Å². The number of rotatable bonds is 13. The molecule has 0 aliphatic heterocycles. The van der Waals surface area contributed by atoms with Crippen molar-refractivity contribution in [2.45, 2.75) is 58.0 Å². The number of benzene rings is 1. The molecule has 134 valence electrons. The molecule has 0 saturated carbocycles. The Labute approximate surface area is 144 Å². The first kappa shape index (κ1) is 20.2. The van der Waals surface area contributed by atoms with E-state index < -0.39 is 5.97 Å².